The van der Waals surface area contributed by atoms with E-state index in [0.717, 1.165) is 48.1 Å². The standard InChI is InChI=1S/C21H31N3O2/c1-16(2)26-21-17(3)18(4)22-24(21)19-8-10-20(11-9-19)25-15-7-14-23-12-5-6-13-23/h8-11,16H,5-7,12-15H2,1-4H3. The van der Waals surface area contributed by atoms with Crippen LogP contribution in [-0.4, -0.2) is 47.0 Å². The monoisotopic (exact) mass is 357 g/mol. The fraction of sp³-hybridized carbons (Fsp3) is 0.571. The average molecular weight is 357 g/mol. The van der Waals surface area contributed by atoms with Crippen LogP contribution >= 0.6 is 0 Å². The van der Waals surface area contributed by atoms with Crippen LogP contribution in [0, 0.1) is 13.8 Å². The Labute approximate surface area is 156 Å². The Balaban J connectivity index is 1.59. The van der Waals surface area contributed by atoms with E-state index < -0.39 is 0 Å². The molecule has 3 rings (SSSR count). The molecule has 0 atom stereocenters. The van der Waals surface area contributed by atoms with Crippen molar-refractivity contribution in [1.29, 1.82) is 0 Å². The molecule has 5 heteroatoms. The first-order chi connectivity index (χ1) is 12.5. The van der Waals surface area contributed by atoms with Crippen molar-refractivity contribution in [3.8, 4) is 17.3 Å². The van der Waals surface area contributed by atoms with E-state index in [1.165, 1.54) is 25.9 Å². The molecule has 1 aliphatic heterocycles. The molecule has 26 heavy (non-hydrogen) atoms. The molecule has 2 heterocycles. The van der Waals surface area contributed by atoms with Gasteiger partial charge in [-0.2, -0.15) is 5.10 Å². The molecule has 0 N–H and O–H groups in total. The zero-order valence-electron chi connectivity index (χ0n) is 16.5. The first kappa shape index (κ1) is 18.8. The third-order valence-corrected chi connectivity index (χ3v) is 4.82. The number of aryl methyl sites for hydroxylation is 1. The summed E-state index contributed by atoms with van der Waals surface area (Å²) >= 11 is 0. The largest absolute Gasteiger partial charge is 0.494 e. The lowest BCUT2D eigenvalue weighted by molar-refractivity contribution is 0.224. The first-order valence-corrected chi connectivity index (χ1v) is 9.73. The van der Waals surface area contributed by atoms with Gasteiger partial charge in [0.25, 0.3) is 0 Å². The van der Waals surface area contributed by atoms with Crippen molar-refractivity contribution >= 4 is 0 Å². The predicted molar refractivity (Wildman–Crippen MR) is 105 cm³/mol. The Morgan fingerprint density at radius 2 is 1.77 bits per heavy atom. The van der Waals surface area contributed by atoms with E-state index in [1.54, 1.807) is 0 Å². The zero-order valence-corrected chi connectivity index (χ0v) is 16.5. The van der Waals surface area contributed by atoms with Crippen LogP contribution in [-0.2, 0) is 0 Å². The van der Waals surface area contributed by atoms with Gasteiger partial charge in [0.2, 0.25) is 5.88 Å². The molecule has 1 saturated heterocycles. The molecule has 5 nitrogen and oxygen atoms in total. The molecule has 0 spiro atoms. The number of nitrogens with zero attached hydrogens (tertiary/aromatic N) is 3. The van der Waals surface area contributed by atoms with Crippen molar-refractivity contribution in [2.24, 2.45) is 0 Å². The highest BCUT2D eigenvalue weighted by Crippen LogP contribution is 2.27. The van der Waals surface area contributed by atoms with Gasteiger partial charge >= 0.3 is 0 Å². The van der Waals surface area contributed by atoms with E-state index in [0.29, 0.717) is 0 Å². The highest BCUT2D eigenvalue weighted by Gasteiger charge is 2.16. The molecule has 1 aromatic carbocycles. The Morgan fingerprint density at radius 3 is 2.42 bits per heavy atom. The fourth-order valence-electron chi connectivity index (χ4n) is 3.29. The van der Waals surface area contributed by atoms with Gasteiger partial charge in [-0.3, -0.25) is 0 Å². The maximum atomic E-state index is 5.97. The Hall–Kier alpha value is -2.01. The van der Waals surface area contributed by atoms with Crippen LogP contribution < -0.4 is 9.47 Å². The number of aromatic nitrogens is 2. The zero-order chi connectivity index (χ0) is 18.5. The molecular formula is C21H31N3O2. The molecule has 2 aromatic rings. The minimum absolute atomic E-state index is 0.113. The lowest BCUT2D eigenvalue weighted by Gasteiger charge is -2.15. The third kappa shape index (κ3) is 4.58. The maximum absolute atomic E-state index is 5.97. The van der Waals surface area contributed by atoms with E-state index >= 15 is 0 Å². The molecule has 0 bridgehead atoms. The normalized spacial score (nSPS) is 15.0. The van der Waals surface area contributed by atoms with Gasteiger partial charge in [-0.1, -0.05) is 0 Å². The Kier molecular flexibility index (Phi) is 6.20. The Bertz CT molecular complexity index is 701. The minimum atomic E-state index is 0.113. The molecule has 1 aromatic heterocycles. The van der Waals surface area contributed by atoms with Gasteiger partial charge < -0.3 is 14.4 Å². The second-order valence-corrected chi connectivity index (χ2v) is 7.34. The van der Waals surface area contributed by atoms with E-state index in [1.807, 2.05) is 56.6 Å². The third-order valence-electron chi connectivity index (χ3n) is 4.82. The van der Waals surface area contributed by atoms with Crippen LogP contribution in [0.4, 0.5) is 0 Å². The number of hydrogen-bond acceptors (Lipinski definition) is 4. The van der Waals surface area contributed by atoms with E-state index in [9.17, 15) is 0 Å². The topological polar surface area (TPSA) is 39.5 Å². The van der Waals surface area contributed by atoms with Crippen LogP contribution in [0.3, 0.4) is 0 Å². The predicted octanol–water partition coefficient (Wildman–Crippen LogP) is 4.14. The SMILES string of the molecule is Cc1nn(-c2ccc(OCCCN3CCCC3)cc2)c(OC(C)C)c1C. The summed E-state index contributed by atoms with van der Waals surface area (Å²) in [5.41, 5.74) is 3.06. The van der Waals surface area contributed by atoms with E-state index in [4.69, 9.17) is 9.47 Å². The maximum Gasteiger partial charge on any atom is 0.220 e. The lowest BCUT2D eigenvalue weighted by atomic mass is 10.3. The van der Waals surface area contributed by atoms with Crippen molar-refractivity contribution in [2.75, 3.05) is 26.2 Å². The molecule has 142 valence electrons. The Morgan fingerprint density at radius 1 is 1.08 bits per heavy atom. The van der Waals surface area contributed by atoms with Crippen LogP contribution in [0.5, 0.6) is 11.6 Å². The molecule has 0 amide bonds. The smallest absolute Gasteiger partial charge is 0.220 e. The number of ether oxygens (including phenoxy) is 2. The van der Waals surface area contributed by atoms with Crippen molar-refractivity contribution < 1.29 is 9.47 Å². The number of benzene rings is 1. The van der Waals surface area contributed by atoms with Crippen LogP contribution in [0.2, 0.25) is 0 Å². The van der Waals surface area contributed by atoms with Gasteiger partial charge in [0.05, 0.1) is 24.1 Å². The summed E-state index contributed by atoms with van der Waals surface area (Å²) in [6, 6.07) is 8.09. The molecular weight excluding hydrogens is 326 g/mol. The van der Waals surface area contributed by atoms with E-state index in [-0.39, 0.29) is 6.10 Å². The lowest BCUT2D eigenvalue weighted by Crippen LogP contribution is -2.21. The minimum Gasteiger partial charge on any atom is -0.494 e. The first-order valence-electron chi connectivity index (χ1n) is 9.73. The molecule has 1 fully saturated rings. The number of likely N-dealkylation sites (tertiary alicyclic amines) is 1. The number of hydrogen-bond donors (Lipinski definition) is 0. The van der Waals surface area contributed by atoms with Crippen LogP contribution in [0.15, 0.2) is 24.3 Å². The fourth-order valence-corrected chi connectivity index (χ4v) is 3.29. The second-order valence-electron chi connectivity index (χ2n) is 7.34. The van der Waals surface area contributed by atoms with Crippen molar-refractivity contribution in [3.05, 3.63) is 35.5 Å². The summed E-state index contributed by atoms with van der Waals surface area (Å²) in [5, 5.41) is 4.63. The van der Waals surface area contributed by atoms with Crippen molar-refractivity contribution in [3.63, 3.8) is 0 Å². The molecule has 0 unspecified atom stereocenters. The highest BCUT2D eigenvalue weighted by molar-refractivity contribution is 5.43. The molecule has 0 radical (unpaired) electrons. The summed E-state index contributed by atoms with van der Waals surface area (Å²) in [6.07, 6.45) is 3.88. The van der Waals surface area contributed by atoms with Crippen molar-refractivity contribution in [2.45, 2.75) is 53.1 Å². The summed E-state index contributed by atoms with van der Waals surface area (Å²) in [4.78, 5) is 2.52. The quantitative estimate of drug-likeness (QED) is 0.666. The van der Waals surface area contributed by atoms with Crippen LogP contribution in [0.1, 0.15) is 44.4 Å². The highest BCUT2D eigenvalue weighted by atomic mass is 16.5. The summed E-state index contributed by atoms with van der Waals surface area (Å²) < 4.78 is 13.7. The molecule has 0 saturated carbocycles. The van der Waals surface area contributed by atoms with Crippen molar-refractivity contribution in [1.82, 2.24) is 14.7 Å². The van der Waals surface area contributed by atoms with Gasteiger partial charge in [-0.05, 0) is 84.3 Å². The van der Waals surface area contributed by atoms with Gasteiger partial charge in [0.15, 0.2) is 0 Å². The number of rotatable bonds is 8. The summed E-state index contributed by atoms with van der Waals surface area (Å²) in [5.74, 6) is 1.72. The molecule has 0 aliphatic carbocycles. The van der Waals surface area contributed by atoms with Crippen LogP contribution in [0.25, 0.3) is 5.69 Å². The van der Waals surface area contributed by atoms with Gasteiger partial charge in [0, 0.05) is 12.1 Å². The van der Waals surface area contributed by atoms with Gasteiger partial charge in [-0.25, -0.2) is 4.68 Å². The van der Waals surface area contributed by atoms with Gasteiger partial charge in [0.1, 0.15) is 5.75 Å². The van der Waals surface area contributed by atoms with Gasteiger partial charge in [-0.15, -0.1) is 0 Å². The molecule has 1 aliphatic rings. The summed E-state index contributed by atoms with van der Waals surface area (Å²) in [6.45, 7) is 12.5. The van der Waals surface area contributed by atoms with E-state index in [2.05, 4.69) is 10.00 Å². The summed E-state index contributed by atoms with van der Waals surface area (Å²) in [7, 11) is 0. The second kappa shape index (κ2) is 8.58. The average Bonchev–Trinajstić information content (AvgIpc) is 3.23.